The Balaban J connectivity index is 1.92. The van der Waals surface area contributed by atoms with Crippen LogP contribution in [0.2, 0.25) is 0 Å². The van der Waals surface area contributed by atoms with Gasteiger partial charge in [0.05, 0.1) is 11.1 Å². The molecule has 0 saturated carbocycles. The zero-order valence-electron chi connectivity index (χ0n) is 13.0. The lowest BCUT2D eigenvalue weighted by atomic mass is 10.1. The summed E-state index contributed by atoms with van der Waals surface area (Å²) in [5.41, 5.74) is 0.177. The molecule has 0 radical (unpaired) electrons. The first kappa shape index (κ1) is 18.2. The van der Waals surface area contributed by atoms with Gasteiger partial charge >= 0.3 is 6.18 Å². The predicted octanol–water partition coefficient (Wildman–Crippen LogP) is 3.03. The Labute approximate surface area is 141 Å². The maximum Gasteiger partial charge on any atom is 0.417 e. The van der Waals surface area contributed by atoms with Crippen LogP contribution < -0.4 is 5.32 Å². The van der Waals surface area contributed by atoms with Gasteiger partial charge in [0.2, 0.25) is 0 Å². The van der Waals surface area contributed by atoms with E-state index >= 15 is 0 Å². The standard InChI is InChI=1S/C15H15F3N4OS/c1-9-7-10(2)22-14(21-9)24-6-5-20-13(23)11-8-19-4-3-12(11)15(16,17)18/h3-4,7-8H,5-6H2,1-2H3,(H,20,23). The average molecular weight is 356 g/mol. The van der Waals surface area contributed by atoms with E-state index in [-0.39, 0.29) is 6.54 Å². The number of nitrogens with one attached hydrogen (secondary N) is 1. The van der Waals surface area contributed by atoms with Gasteiger partial charge in [0.1, 0.15) is 0 Å². The van der Waals surface area contributed by atoms with Gasteiger partial charge in [-0.15, -0.1) is 0 Å². The van der Waals surface area contributed by atoms with E-state index in [1.165, 1.54) is 11.8 Å². The van der Waals surface area contributed by atoms with Gasteiger partial charge in [-0.05, 0) is 26.0 Å². The van der Waals surface area contributed by atoms with Crippen molar-refractivity contribution in [2.75, 3.05) is 12.3 Å². The van der Waals surface area contributed by atoms with Gasteiger partial charge in [-0.3, -0.25) is 9.78 Å². The smallest absolute Gasteiger partial charge is 0.351 e. The molecular formula is C15H15F3N4OS. The summed E-state index contributed by atoms with van der Waals surface area (Å²) in [6, 6.07) is 2.62. The lowest BCUT2D eigenvalue weighted by Crippen LogP contribution is -2.28. The van der Waals surface area contributed by atoms with E-state index in [4.69, 9.17) is 0 Å². The Morgan fingerprint density at radius 3 is 2.54 bits per heavy atom. The maximum absolute atomic E-state index is 12.9. The minimum atomic E-state index is -4.60. The van der Waals surface area contributed by atoms with Crippen molar-refractivity contribution in [3.8, 4) is 0 Å². The molecule has 0 saturated heterocycles. The highest BCUT2D eigenvalue weighted by atomic mass is 32.2. The number of pyridine rings is 1. The number of carbonyl (C=O) groups excluding carboxylic acids is 1. The van der Waals surface area contributed by atoms with Crippen LogP contribution in [0.5, 0.6) is 0 Å². The number of aromatic nitrogens is 3. The average Bonchev–Trinajstić information content (AvgIpc) is 2.49. The number of hydrogen-bond acceptors (Lipinski definition) is 5. The number of carbonyl (C=O) groups is 1. The quantitative estimate of drug-likeness (QED) is 0.507. The van der Waals surface area contributed by atoms with E-state index in [2.05, 4.69) is 20.3 Å². The highest BCUT2D eigenvalue weighted by Gasteiger charge is 2.35. The molecule has 0 fully saturated rings. The molecule has 1 amide bonds. The molecule has 2 aromatic heterocycles. The van der Waals surface area contributed by atoms with E-state index in [1.807, 2.05) is 19.9 Å². The van der Waals surface area contributed by atoms with E-state index in [1.54, 1.807) is 0 Å². The molecule has 2 aromatic rings. The summed E-state index contributed by atoms with van der Waals surface area (Å²) in [5.74, 6) is -0.367. The van der Waals surface area contributed by atoms with Crippen LogP contribution in [-0.4, -0.2) is 33.2 Å². The third-order valence-electron chi connectivity index (χ3n) is 2.95. The lowest BCUT2D eigenvalue weighted by molar-refractivity contribution is -0.138. The first-order valence-electron chi connectivity index (χ1n) is 7.02. The van der Waals surface area contributed by atoms with Crippen LogP contribution in [0.3, 0.4) is 0 Å². The molecular weight excluding hydrogens is 341 g/mol. The number of rotatable bonds is 5. The second kappa shape index (κ2) is 7.61. The molecule has 0 aliphatic rings. The monoisotopic (exact) mass is 356 g/mol. The molecule has 128 valence electrons. The minimum Gasteiger partial charge on any atom is -0.351 e. The Bertz CT molecular complexity index is 717. The molecule has 9 heteroatoms. The Morgan fingerprint density at radius 1 is 1.25 bits per heavy atom. The minimum absolute atomic E-state index is 0.187. The van der Waals surface area contributed by atoms with Crippen molar-refractivity contribution < 1.29 is 18.0 Å². The van der Waals surface area contributed by atoms with Crippen LogP contribution in [0.25, 0.3) is 0 Å². The molecule has 2 rings (SSSR count). The molecule has 0 atom stereocenters. The van der Waals surface area contributed by atoms with Gasteiger partial charge in [-0.1, -0.05) is 11.8 Å². The third kappa shape index (κ3) is 4.92. The van der Waals surface area contributed by atoms with Crippen LogP contribution in [0, 0.1) is 13.8 Å². The summed E-state index contributed by atoms with van der Waals surface area (Å²) in [6.45, 7) is 3.88. The zero-order valence-corrected chi connectivity index (χ0v) is 13.8. The summed E-state index contributed by atoms with van der Waals surface area (Å²) in [4.78, 5) is 24.0. The van der Waals surface area contributed by atoms with Crippen LogP contribution in [0.15, 0.2) is 29.7 Å². The van der Waals surface area contributed by atoms with Gasteiger partial charge in [0, 0.05) is 36.1 Å². The van der Waals surface area contributed by atoms with Crippen LogP contribution in [-0.2, 0) is 6.18 Å². The first-order valence-corrected chi connectivity index (χ1v) is 8.00. The molecule has 0 spiro atoms. The van der Waals surface area contributed by atoms with Crippen molar-refractivity contribution in [2.45, 2.75) is 25.2 Å². The van der Waals surface area contributed by atoms with Gasteiger partial charge in [0.25, 0.3) is 5.91 Å². The van der Waals surface area contributed by atoms with Crippen molar-refractivity contribution in [3.05, 3.63) is 47.0 Å². The molecule has 0 aromatic carbocycles. The van der Waals surface area contributed by atoms with Crippen molar-refractivity contribution in [1.29, 1.82) is 0 Å². The summed E-state index contributed by atoms with van der Waals surface area (Å²) >= 11 is 1.32. The van der Waals surface area contributed by atoms with Crippen LogP contribution in [0.4, 0.5) is 13.2 Å². The van der Waals surface area contributed by atoms with E-state index in [0.717, 1.165) is 29.8 Å². The lowest BCUT2D eigenvalue weighted by Gasteiger charge is -2.12. The largest absolute Gasteiger partial charge is 0.417 e. The number of thioether (sulfide) groups is 1. The Morgan fingerprint density at radius 2 is 1.92 bits per heavy atom. The number of nitrogens with zero attached hydrogens (tertiary/aromatic N) is 3. The second-order valence-corrected chi connectivity index (χ2v) is 6.02. The molecule has 1 N–H and O–H groups in total. The number of hydrogen-bond donors (Lipinski definition) is 1. The molecule has 24 heavy (non-hydrogen) atoms. The molecule has 0 aliphatic carbocycles. The van der Waals surface area contributed by atoms with Crippen molar-refractivity contribution in [3.63, 3.8) is 0 Å². The SMILES string of the molecule is Cc1cc(C)nc(SCCNC(=O)c2cnccc2C(F)(F)F)n1. The fourth-order valence-corrected chi connectivity index (χ4v) is 2.79. The van der Waals surface area contributed by atoms with Gasteiger partial charge in [-0.25, -0.2) is 9.97 Å². The molecule has 0 bridgehead atoms. The predicted molar refractivity (Wildman–Crippen MR) is 83.8 cm³/mol. The second-order valence-electron chi connectivity index (χ2n) is 4.96. The number of halogens is 3. The maximum atomic E-state index is 12.9. The molecule has 2 heterocycles. The van der Waals surface area contributed by atoms with Crippen molar-refractivity contribution in [1.82, 2.24) is 20.3 Å². The summed E-state index contributed by atoms with van der Waals surface area (Å²) < 4.78 is 38.6. The van der Waals surface area contributed by atoms with E-state index in [9.17, 15) is 18.0 Å². The number of amides is 1. The van der Waals surface area contributed by atoms with E-state index < -0.39 is 23.2 Å². The van der Waals surface area contributed by atoms with Gasteiger partial charge in [0.15, 0.2) is 5.16 Å². The summed E-state index contributed by atoms with van der Waals surface area (Å²) in [7, 11) is 0. The highest BCUT2D eigenvalue weighted by Crippen LogP contribution is 2.31. The number of alkyl halides is 3. The fourth-order valence-electron chi connectivity index (χ4n) is 1.98. The third-order valence-corrected chi connectivity index (χ3v) is 3.80. The van der Waals surface area contributed by atoms with Gasteiger partial charge < -0.3 is 5.32 Å². The fraction of sp³-hybridized carbons (Fsp3) is 0.333. The topological polar surface area (TPSA) is 67.8 Å². The zero-order chi connectivity index (χ0) is 17.7. The van der Waals surface area contributed by atoms with E-state index in [0.29, 0.717) is 10.9 Å². The van der Waals surface area contributed by atoms with Crippen molar-refractivity contribution in [2.24, 2.45) is 0 Å². The highest BCUT2D eigenvalue weighted by molar-refractivity contribution is 7.99. The summed E-state index contributed by atoms with van der Waals surface area (Å²) in [6.07, 6.45) is -2.68. The molecule has 5 nitrogen and oxygen atoms in total. The first-order chi connectivity index (χ1) is 11.3. The van der Waals surface area contributed by atoms with Crippen LogP contribution >= 0.6 is 11.8 Å². The Kier molecular flexibility index (Phi) is 5.76. The molecule has 0 unspecified atom stereocenters. The van der Waals surface area contributed by atoms with Crippen LogP contribution in [0.1, 0.15) is 27.3 Å². The Hall–Kier alpha value is -2.16. The molecule has 0 aliphatic heterocycles. The van der Waals surface area contributed by atoms with Gasteiger partial charge in [-0.2, -0.15) is 13.2 Å². The number of aryl methyl sites for hydroxylation is 2. The van der Waals surface area contributed by atoms with Crippen molar-refractivity contribution >= 4 is 17.7 Å². The normalized spacial score (nSPS) is 11.4. The summed E-state index contributed by atoms with van der Waals surface area (Å²) in [5, 5.41) is 3.02.